The van der Waals surface area contributed by atoms with Gasteiger partial charge in [0.25, 0.3) is 0 Å². The minimum atomic E-state index is -0.957. The van der Waals surface area contributed by atoms with Crippen molar-refractivity contribution in [3.63, 3.8) is 0 Å². The summed E-state index contributed by atoms with van der Waals surface area (Å²) in [5.41, 5.74) is -0.632. The molecule has 7 nitrogen and oxygen atoms in total. The second-order valence-electron chi connectivity index (χ2n) is 7.07. The molecule has 21 heavy (non-hydrogen) atoms. The average Bonchev–Trinajstić information content (AvgIpc) is 2.71. The number of aliphatic hydroxyl groups excluding tert-OH is 2. The lowest BCUT2D eigenvalue weighted by atomic mass is 10.0. The molecule has 1 amide bonds. The van der Waals surface area contributed by atoms with Gasteiger partial charge in [-0.05, 0) is 34.6 Å². The van der Waals surface area contributed by atoms with Gasteiger partial charge in [0.1, 0.15) is 17.8 Å². The monoisotopic (exact) mass is 303 g/mol. The molecule has 0 bridgehead atoms. The third-order valence-corrected chi connectivity index (χ3v) is 3.65. The number of rotatable bonds is 2. The number of fused-ring (bicyclic) bond motifs is 1. The van der Waals surface area contributed by atoms with Crippen LogP contribution in [0.25, 0.3) is 0 Å². The highest BCUT2D eigenvalue weighted by Gasteiger charge is 2.58. The van der Waals surface area contributed by atoms with E-state index in [-0.39, 0.29) is 6.61 Å². The van der Waals surface area contributed by atoms with Crippen LogP contribution < -0.4 is 5.32 Å². The minimum absolute atomic E-state index is 0.224. The number of alkyl carbamates (subject to hydrolysis) is 1. The number of nitrogens with one attached hydrogen (secondary N) is 1. The molecule has 2 fully saturated rings. The maximum atomic E-state index is 11.9. The fourth-order valence-corrected chi connectivity index (χ4v) is 2.93. The van der Waals surface area contributed by atoms with Gasteiger partial charge in [-0.25, -0.2) is 4.79 Å². The van der Waals surface area contributed by atoms with Gasteiger partial charge in [0, 0.05) is 5.92 Å². The molecule has 3 N–H and O–H groups in total. The Morgan fingerprint density at radius 2 is 1.86 bits per heavy atom. The summed E-state index contributed by atoms with van der Waals surface area (Å²) in [7, 11) is 0. The first-order valence-electron chi connectivity index (χ1n) is 7.18. The molecule has 5 atom stereocenters. The molecule has 0 aromatic heterocycles. The number of amides is 1. The van der Waals surface area contributed by atoms with Crippen LogP contribution in [0, 0.1) is 5.92 Å². The zero-order valence-electron chi connectivity index (χ0n) is 13.1. The summed E-state index contributed by atoms with van der Waals surface area (Å²) in [6.07, 6.45) is -2.62. The highest BCUT2D eigenvalue weighted by atomic mass is 16.8. The van der Waals surface area contributed by atoms with Crippen LogP contribution in [0.2, 0.25) is 0 Å². The Morgan fingerprint density at radius 3 is 2.38 bits per heavy atom. The van der Waals surface area contributed by atoms with Crippen molar-refractivity contribution in [2.24, 2.45) is 5.92 Å². The number of ether oxygens (including phenoxy) is 3. The van der Waals surface area contributed by atoms with Crippen molar-refractivity contribution in [1.29, 1.82) is 0 Å². The quantitative estimate of drug-likeness (QED) is 0.682. The Kier molecular flexibility index (Phi) is 4.23. The summed E-state index contributed by atoms with van der Waals surface area (Å²) in [5, 5.41) is 22.5. The van der Waals surface area contributed by atoms with Gasteiger partial charge in [-0.1, -0.05) is 0 Å². The summed E-state index contributed by atoms with van der Waals surface area (Å²) in [5.74, 6) is -1.25. The lowest BCUT2D eigenvalue weighted by molar-refractivity contribution is -0.171. The normalized spacial score (nSPS) is 38.1. The molecule has 2 aliphatic rings. The van der Waals surface area contributed by atoms with Crippen molar-refractivity contribution in [2.45, 2.75) is 70.4 Å². The molecule has 0 unspecified atom stereocenters. The van der Waals surface area contributed by atoms with E-state index >= 15 is 0 Å². The predicted molar refractivity (Wildman–Crippen MR) is 73.6 cm³/mol. The van der Waals surface area contributed by atoms with Crippen molar-refractivity contribution >= 4 is 6.09 Å². The summed E-state index contributed by atoms with van der Waals surface area (Å²) in [6, 6.07) is -0.670. The van der Waals surface area contributed by atoms with E-state index in [9.17, 15) is 15.0 Å². The molecule has 0 aromatic carbocycles. The summed E-state index contributed by atoms with van der Waals surface area (Å²) in [4.78, 5) is 11.9. The number of carbonyl (C=O) groups excluding carboxylic acids is 1. The first-order valence-corrected chi connectivity index (χ1v) is 7.18. The first-order chi connectivity index (χ1) is 9.54. The fourth-order valence-electron chi connectivity index (χ4n) is 2.93. The SMILES string of the molecule is CC(C)(C)OC(=O)N[C@H]1[C@H](O)[C@H]2OC(C)(C)O[C@H]2[C@H]1CO. The Balaban J connectivity index is 2.06. The standard InChI is InChI=1S/C14H25NO6/c1-13(2,3)21-12(18)15-8-7(6-16)10-11(9(8)17)20-14(4,5)19-10/h7-11,16-17H,6H2,1-5H3,(H,15,18)/t7-,8+,9-,10-,11+/m0/s1. The van der Waals surface area contributed by atoms with Gasteiger partial charge in [-0.3, -0.25) is 0 Å². The van der Waals surface area contributed by atoms with Gasteiger partial charge >= 0.3 is 6.09 Å². The Labute approximate surface area is 124 Å². The molecule has 1 saturated heterocycles. The molecule has 1 saturated carbocycles. The van der Waals surface area contributed by atoms with Crippen molar-refractivity contribution in [3.8, 4) is 0 Å². The van der Waals surface area contributed by atoms with Gasteiger partial charge in [0.2, 0.25) is 0 Å². The largest absolute Gasteiger partial charge is 0.444 e. The molecule has 1 aliphatic heterocycles. The number of hydrogen-bond acceptors (Lipinski definition) is 6. The molecule has 1 heterocycles. The molecule has 0 spiro atoms. The van der Waals surface area contributed by atoms with Crippen LogP contribution in [-0.2, 0) is 14.2 Å². The highest BCUT2D eigenvalue weighted by Crippen LogP contribution is 2.41. The van der Waals surface area contributed by atoms with Crippen molar-refractivity contribution < 1.29 is 29.2 Å². The molecule has 7 heteroatoms. The van der Waals surface area contributed by atoms with Gasteiger partial charge in [-0.15, -0.1) is 0 Å². The minimum Gasteiger partial charge on any atom is -0.444 e. The van der Waals surface area contributed by atoms with Gasteiger partial charge < -0.3 is 29.7 Å². The van der Waals surface area contributed by atoms with Crippen LogP contribution in [0.3, 0.4) is 0 Å². The average molecular weight is 303 g/mol. The third kappa shape index (κ3) is 3.48. The lowest BCUT2D eigenvalue weighted by Crippen LogP contribution is -2.49. The predicted octanol–water partition coefficient (Wildman–Crippen LogP) is 0.383. The van der Waals surface area contributed by atoms with Gasteiger partial charge in [0.05, 0.1) is 18.8 Å². The first kappa shape index (κ1) is 16.5. The van der Waals surface area contributed by atoms with E-state index in [2.05, 4.69) is 5.32 Å². The number of aliphatic hydroxyl groups is 2. The van der Waals surface area contributed by atoms with E-state index in [1.165, 1.54) is 0 Å². The van der Waals surface area contributed by atoms with Crippen LogP contribution in [0.5, 0.6) is 0 Å². The summed E-state index contributed by atoms with van der Waals surface area (Å²) in [6.45, 7) is 8.55. The second kappa shape index (κ2) is 5.39. The zero-order valence-corrected chi connectivity index (χ0v) is 13.1. The van der Waals surface area contributed by atoms with Gasteiger partial charge in [-0.2, -0.15) is 0 Å². The maximum absolute atomic E-state index is 11.9. The highest BCUT2D eigenvalue weighted by molar-refractivity contribution is 5.68. The lowest BCUT2D eigenvalue weighted by Gasteiger charge is -2.29. The maximum Gasteiger partial charge on any atom is 0.407 e. The molecular formula is C14H25NO6. The Bertz CT molecular complexity index is 405. The zero-order chi connectivity index (χ0) is 16.0. The summed E-state index contributed by atoms with van der Waals surface area (Å²) < 4.78 is 16.6. The fraction of sp³-hybridized carbons (Fsp3) is 0.929. The van der Waals surface area contributed by atoms with Crippen molar-refractivity contribution in [3.05, 3.63) is 0 Å². The Morgan fingerprint density at radius 1 is 1.29 bits per heavy atom. The molecule has 1 aliphatic carbocycles. The third-order valence-electron chi connectivity index (χ3n) is 3.65. The van der Waals surface area contributed by atoms with Crippen LogP contribution in [0.1, 0.15) is 34.6 Å². The smallest absolute Gasteiger partial charge is 0.407 e. The molecule has 2 rings (SSSR count). The van der Waals surface area contributed by atoms with E-state index in [0.717, 1.165) is 0 Å². The van der Waals surface area contributed by atoms with E-state index in [1.807, 2.05) is 0 Å². The molecule has 0 aromatic rings. The Hall–Kier alpha value is -0.890. The van der Waals surface area contributed by atoms with E-state index in [0.29, 0.717) is 0 Å². The van der Waals surface area contributed by atoms with E-state index in [1.54, 1.807) is 34.6 Å². The van der Waals surface area contributed by atoms with Crippen LogP contribution in [0.4, 0.5) is 4.79 Å². The van der Waals surface area contributed by atoms with Crippen LogP contribution in [0.15, 0.2) is 0 Å². The summed E-state index contributed by atoms with van der Waals surface area (Å²) >= 11 is 0. The second-order valence-corrected chi connectivity index (χ2v) is 7.07. The van der Waals surface area contributed by atoms with E-state index in [4.69, 9.17) is 14.2 Å². The molecular weight excluding hydrogens is 278 g/mol. The van der Waals surface area contributed by atoms with Crippen LogP contribution in [-0.4, -0.2) is 58.7 Å². The molecule has 0 radical (unpaired) electrons. The van der Waals surface area contributed by atoms with Crippen molar-refractivity contribution in [1.82, 2.24) is 5.32 Å². The van der Waals surface area contributed by atoms with Crippen molar-refractivity contribution in [2.75, 3.05) is 6.61 Å². The van der Waals surface area contributed by atoms with E-state index < -0.39 is 47.8 Å². The molecule has 122 valence electrons. The van der Waals surface area contributed by atoms with Gasteiger partial charge in [0.15, 0.2) is 5.79 Å². The topological polar surface area (TPSA) is 97.3 Å². The number of hydrogen-bond donors (Lipinski definition) is 3. The van der Waals surface area contributed by atoms with Crippen LogP contribution >= 0.6 is 0 Å². The number of carbonyl (C=O) groups is 1.